The first-order valence-electron chi connectivity index (χ1n) is 7.04. The number of nitrogens with one attached hydrogen (secondary N) is 1. The van der Waals surface area contributed by atoms with Crippen LogP contribution in [0.2, 0.25) is 0 Å². The molecule has 0 bridgehead atoms. The molecule has 1 aliphatic heterocycles. The first kappa shape index (κ1) is 14.8. The van der Waals surface area contributed by atoms with E-state index in [1.165, 1.54) is 0 Å². The quantitative estimate of drug-likeness (QED) is 0.719. The highest BCUT2D eigenvalue weighted by molar-refractivity contribution is 5.81. The third-order valence-corrected chi connectivity index (χ3v) is 3.60. The molecule has 0 saturated carbocycles. The largest absolute Gasteiger partial charge is 0.508 e. The summed E-state index contributed by atoms with van der Waals surface area (Å²) in [6, 6.07) is 6.19. The van der Waals surface area contributed by atoms with Crippen molar-refractivity contribution in [2.75, 3.05) is 19.8 Å². The monoisotopic (exact) mass is 278 g/mol. The van der Waals surface area contributed by atoms with Gasteiger partial charge in [0.15, 0.2) is 0 Å². The number of phenols is 1. The summed E-state index contributed by atoms with van der Waals surface area (Å²) >= 11 is 0. The Labute approximate surface area is 119 Å². The fraction of sp³-hybridized carbons (Fsp3) is 0.533. The van der Waals surface area contributed by atoms with Crippen LogP contribution in [-0.2, 0) is 16.0 Å². The Kier molecular flexibility index (Phi) is 5.38. The Bertz CT molecular complexity index is 427. The summed E-state index contributed by atoms with van der Waals surface area (Å²) in [7, 11) is 0. The number of amides is 1. The molecule has 1 saturated heterocycles. The fourth-order valence-corrected chi connectivity index (χ4v) is 2.32. The van der Waals surface area contributed by atoms with E-state index in [9.17, 15) is 9.90 Å². The van der Waals surface area contributed by atoms with Gasteiger partial charge in [0.1, 0.15) is 5.75 Å². The van der Waals surface area contributed by atoms with Gasteiger partial charge >= 0.3 is 0 Å². The van der Waals surface area contributed by atoms with Crippen molar-refractivity contribution in [2.24, 2.45) is 11.7 Å². The van der Waals surface area contributed by atoms with Crippen molar-refractivity contribution in [2.45, 2.75) is 25.3 Å². The van der Waals surface area contributed by atoms with Crippen LogP contribution in [0, 0.1) is 5.92 Å². The van der Waals surface area contributed by atoms with Gasteiger partial charge in [-0.3, -0.25) is 4.79 Å². The minimum absolute atomic E-state index is 0.128. The summed E-state index contributed by atoms with van der Waals surface area (Å²) in [6.45, 7) is 2.28. The summed E-state index contributed by atoms with van der Waals surface area (Å²) in [5.74, 6) is 0.645. The Balaban J connectivity index is 1.69. The van der Waals surface area contributed by atoms with Gasteiger partial charge in [-0.2, -0.15) is 0 Å². The van der Waals surface area contributed by atoms with Gasteiger partial charge in [-0.25, -0.2) is 0 Å². The van der Waals surface area contributed by atoms with Crippen LogP contribution in [-0.4, -0.2) is 36.8 Å². The molecule has 1 heterocycles. The molecule has 1 aromatic rings. The van der Waals surface area contributed by atoms with E-state index >= 15 is 0 Å². The third kappa shape index (κ3) is 4.51. The zero-order valence-corrected chi connectivity index (χ0v) is 11.5. The van der Waals surface area contributed by atoms with Crippen LogP contribution < -0.4 is 11.1 Å². The Hall–Kier alpha value is -1.59. The third-order valence-electron chi connectivity index (χ3n) is 3.60. The van der Waals surface area contributed by atoms with Gasteiger partial charge in [0.2, 0.25) is 5.91 Å². The van der Waals surface area contributed by atoms with Crippen LogP contribution >= 0.6 is 0 Å². The summed E-state index contributed by atoms with van der Waals surface area (Å²) in [5, 5.41) is 12.1. The topological polar surface area (TPSA) is 84.6 Å². The molecule has 20 heavy (non-hydrogen) atoms. The zero-order chi connectivity index (χ0) is 14.4. The number of aromatic hydroxyl groups is 1. The fourth-order valence-electron chi connectivity index (χ4n) is 2.32. The first-order valence-corrected chi connectivity index (χ1v) is 7.04. The molecular formula is C15H22N2O3. The van der Waals surface area contributed by atoms with Gasteiger partial charge in [-0.1, -0.05) is 12.1 Å². The summed E-state index contributed by atoms with van der Waals surface area (Å²) in [6.07, 6.45) is 2.49. The lowest BCUT2D eigenvalue weighted by Crippen LogP contribution is -2.42. The predicted molar refractivity (Wildman–Crippen MR) is 76.3 cm³/mol. The van der Waals surface area contributed by atoms with Crippen LogP contribution in [0.25, 0.3) is 0 Å². The molecule has 5 nitrogen and oxygen atoms in total. The molecule has 1 aromatic carbocycles. The van der Waals surface area contributed by atoms with Crippen LogP contribution in [0.3, 0.4) is 0 Å². The zero-order valence-electron chi connectivity index (χ0n) is 11.5. The van der Waals surface area contributed by atoms with Crippen molar-refractivity contribution in [3.05, 3.63) is 29.8 Å². The van der Waals surface area contributed by atoms with Gasteiger partial charge in [0, 0.05) is 19.8 Å². The number of carbonyl (C=O) groups is 1. The van der Waals surface area contributed by atoms with Gasteiger partial charge in [0.05, 0.1) is 6.04 Å². The Morgan fingerprint density at radius 3 is 2.85 bits per heavy atom. The summed E-state index contributed by atoms with van der Waals surface area (Å²) in [4.78, 5) is 11.9. The molecule has 1 amide bonds. The van der Waals surface area contributed by atoms with Crippen molar-refractivity contribution in [3.63, 3.8) is 0 Å². The maximum absolute atomic E-state index is 11.9. The molecule has 0 spiro atoms. The lowest BCUT2D eigenvalue weighted by molar-refractivity contribution is -0.122. The highest BCUT2D eigenvalue weighted by Crippen LogP contribution is 2.15. The van der Waals surface area contributed by atoms with E-state index in [2.05, 4.69) is 5.32 Å². The summed E-state index contributed by atoms with van der Waals surface area (Å²) in [5.41, 5.74) is 6.82. The van der Waals surface area contributed by atoms with Crippen molar-refractivity contribution >= 4 is 5.91 Å². The van der Waals surface area contributed by atoms with Crippen LogP contribution in [0.4, 0.5) is 0 Å². The lowest BCUT2D eigenvalue weighted by atomic mass is 10.0. The number of benzene rings is 1. The molecule has 0 aromatic heterocycles. The molecule has 110 valence electrons. The Morgan fingerprint density at radius 1 is 1.45 bits per heavy atom. The minimum atomic E-state index is -0.556. The molecule has 0 aliphatic carbocycles. The SMILES string of the molecule is NC(Cc1ccc(O)cc1)C(=O)NCCC1CCOC1. The van der Waals surface area contributed by atoms with Gasteiger partial charge < -0.3 is 20.9 Å². The van der Waals surface area contributed by atoms with Crippen molar-refractivity contribution in [1.82, 2.24) is 5.32 Å². The van der Waals surface area contributed by atoms with E-state index in [1.807, 2.05) is 0 Å². The molecular weight excluding hydrogens is 256 g/mol. The predicted octanol–water partition coefficient (Wildman–Crippen LogP) is 0.805. The molecule has 1 fully saturated rings. The van der Waals surface area contributed by atoms with Crippen LogP contribution in [0.15, 0.2) is 24.3 Å². The van der Waals surface area contributed by atoms with Crippen molar-refractivity contribution in [3.8, 4) is 5.75 Å². The number of hydrogen-bond acceptors (Lipinski definition) is 4. The van der Waals surface area contributed by atoms with Crippen LogP contribution in [0.5, 0.6) is 5.75 Å². The second kappa shape index (κ2) is 7.26. The molecule has 1 aliphatic rings. The average Bonchev–Trinajstić information content (AvgIpc) is 2.94. The van der Waals surface area contributed by atoms with Gasteiger partial charge in [-0.15, -0.1) is 0 Å². The normalized spacial score (nSPS) is 19.8. The van der Waals surface area contributed by atoms with Crippen LogP contribution in [0.1, 0.15) is 18.4 Å². The van der Waals surface area contributed by atoms with E-state index in [0.717, 1.165) is 31.6 Å². The molecule has 4 N–H and O–H groups in total. The van der Waals surface area contributed by atoms with E-state index in [4.69, 9.17) is 10.5 Å². The molecule has 2 unspecified atom stereocenters. The summed E-state index contributed by atoms with van der Waals surface area (Å²) < 4.78 is 5.29. The molecule has 0 radical (unpaired) electrons. The number of hydrogen-bond donors (Lipinski definition) is 3. The molecule has 2 atom stereocenters. The van der Waals surface area contributed by atoms with Crippen molar-refractivity contribution < 1.29 is 14.6 Å². The number of carbonyl (C=O) groups excluding carboxylic acids is 1. The number of rotatable bonds is 6. The van der Waals surface area contributed by atoms with E-state index < -0.39 is 6.04 Å². The highest BCUT2D eigenvalue weighted by atomic mass is 16.5. The first-order chi connectivity index (χ1) is 9.65. The molecule has 2 rings (SSSR count). The second-order valence-electron chi connectivity index (χ2n) is 5.29. The number of phenolic OH excluding ortho intramolecular Hbond substituents is 1. The molecule has 5 heteroatoms. The smallest absolute Gasteiger partial charge is 0.237 e. The van der Waals surface area contributed by atoms with E-state index in [0.29, 0.717) is 18.9 Å². The average molecular weight is 278 g/mol. The second-order valence-corrected chi connectivity index (χ2v) is 5.29. The number of nitrogens with two attached hydrogens (primary N) is 1. The standard InChI is InChI=1S/C15H22N2O3/c16-14(9-11-1-3-13(18)4-2-11)15(19)17-7-5-12-6-8-20-10-12/h1-4,12,14,18H,5-10,16H2,(H,17,19). The van der Waals surface area contributed by atoms with Gasteiger partial charge in [0.25, 0.3) is 0 Å². The van der Waals surface area contributed by atoms with E-state index in [-0.39, 0.29) is 11.7 Å². The number of ether oxygens (including phenoxy) is 1. The maximum Gasteiger partial charge on any atom is 0.237 e. The lowest BCUT2D eigenvalue weighted by Gasteiger charge is -2.13. The highest BCUT2D eigenvalue weighted by Gasteiger charge is 2.17. The van der Waals surface area contributed by atoms with Crippen molar-refractivity contribution in [1.29, 1.82) is 0 Å². The minimum Gasteiger partial charge on any atom is -0.508 e. The Morgan fingerprint density at radius 2 is 2.20 bits per heavy atom. The van der Waals surface area contributed by atoms with Gasteiger partial charge in [-0.05, 0) is 42.9 Å². The van der Waals surface area contributed by atoms with E-state index in [1.54, 1.807) is 24.3 Å². The maximum atomic E-state index is 11.9.